The summed E-state index contributed by atoms with van der Waals surface area (Å²) in [6.07, 6.45) is -3.98. The van der Waals surface area contributed by atoms with Crippen molar-refractivity contribution in [3.8, 4) is 0 Å². The highest BCUT2D eigenvalue weighted by molar-refractivity contribution is 5.24. The molecule has 1 nitrogen and oxygen atoms in total. The molecule has 1 unspecified atom stereocenters. The molecule has 0 aliphatic heterocycles. The predicted molar refractivity (Wildman–Crippen MR) is 55.9 cm³/mol. The van der Waals surface area contributed by atoms with Gasteiger partial charge in [0.05, 0.1) is 0 Å². The van der Waals surface area contributed by atoms with Crippen LogP contribution in [-0.4, -0.2) is 11.3 Å². The Bertz CT molecular complexity index is 321. The molecule has 90 valence electrons. The number of hydrogen-bond acceptors (Lipinski definition) is 1. The Morgan fingerprint density at radius 3 is 2.12 bits per heavy atom. The maximum atomic E-state index is 12.9. The SMILES string of the molecule is CCCCC(O)(c1ccccc1)C(F)(F)F. The van der Waals surface area contributed by atoms with Gasteiger partial charge >= 0.3 is 6.18 Å². The quantitative estimate of drug-likeness (QED) is 0.840. The summed E-state index contributed by atoms with van der Waals surface area (Å²) in [5, 5.41) is 9.83. The highest BCUT2D eigenvalue weighted by atomic mass is 19.4. The van der Waals surface area contributed by atoms with Crippen LogP contribution in [0.1, 0.15) is 31.7 Å². The average Bonchev–Trinajstić information content (AvgIpc) is 2.25. The average molecular weight is 232 g/mol. The number of rotatable bonds is 4. The zero-order valence-corrected chi connectivity index (χ0v) is 9.09. The second kappa shape index (κ2) is 4.87. The number of benzene rings is 1. The molecular formula is C12H15F3O. The Morgan fingerprint density at radius 2 is 1.69 bits per heavy atom. The monoisotopic (exact) mass is 232 g/mol. The molecule has 1 rings (SSSR count). The van der Waals surface area contributed by atoms with Gasteiger partial charge in [0.1, 0.15) is 0 Å². The number of hydrogen-bond donors (Lipinski definition) is 1. The fraction of sp³-hybridized carbons (Fsp3) is 0.500. The van der Waals surface area contributed by atoms with Gasteiger partial charge in [0, 0.05) is 0 Å². The van der Waals surface area contributed by atoms with Gasteiger partial charge in [-0.3, -0.25) is 0 Å². The van der Waals surface area contributed by atoms with Crippen molar-refractivity contribution in [2.75, 3.05) is 0 Å². The van der Waals surface area contributed by atoms with Crippen molar-refractivity contribution in [1.82, 2.24) is 0 Å². The van der Waals surface area contributed by atoms with Gasteiger partial charge in [-0.05, 0) is 12.0 Å². The summed E-state index contributed by atoms with van der Waals surface area (Å²) in [5.41, 5.74) is -2.81. The van der Waals surface area contributed by atoms with Gasteiger partial charge in [0.2, 0.25) is 0 Å². The predicted octanol–water partition coefficient (Wildman–Crippen LogP) is 3.63. The summed E-state index contributed by atoms with van der Waals surface area (Å²) in [6.45, 7) is 1.79. The third-order valence-corrected chi connectivity index (χ3v) is 2.61. The summed E-state index contributed by atoms with van der Waals surface area (Å²) in [7, 11) is 0. The smallest absolute Gasteiger partial charge is 0.376 e. The van der Waals surface area contributed by atoms with E-state index in [2.05, 4.69) is 0 Å². The van der Waals surface area contributed by atoms with Gasteiger partial charge in [-0.25, -0.2) is 0 Å². The summed E-state index contributed by atoms with van der Waals surface area (Å²) < 4.78 is 38.6. The van der Waals surface area contributed by atoms with Gasteiger partial charge in [-0.1, -0.05) is 50.1 Å². The van der Waals surface area contributed by atoms with E-state index in [1.165, 1.54) is 24.3 Å². The largest absolute Gasteiger partial charge is 0.421 e. The standard InChI is InChI=1S/C12H15F3O/c1-2-3-9-11(16,12(13,14)15)10-7-5-4-6-8-10/h4-8,16H,2-3,9H2,1H3. The van der Waals surface area contributed by atoms with E-state index in [4.69, 9.17) is 0 Å². The van der Waals surface area contributed by atoms with E-state index < -0.39 is 11.8 Å². The fourth-order valence-electron chi connectivity index (χ4n) is 1.60. The zero-order valence-electron chi connectivity index (χ0n) is 9.09. The molecule has 1 aromatic carbocycles. The maximum Gasteiger partial charge on any atom is 0.421 e. The molecule has 0 saturated carbocycles. The Hall–Kier alpha value is -1.03. The van der Waals surface area contributed by atoms with Crippen LogP contribution in [0, 0.1) is 0 Å². The molecule has 0 spiro atoms. The van der Waals surface area contributed by atoms with Crippen molar-refractivity contribution in [1.29, 1.82) is 0 Å². The van der Waals surface area contributed by atoms with Crippen molar-refractivity contribution < 1.29 is 18.3 Å². The van der Waals surface area contributed by atoms with Gasteiger partial charge in [-0.15, -0.1) is 0 Å². The first-order valence-electron chi connectivity index (χ1n) is 5.26. The molecule has 0 radical (unpaired) electrons. The number of alkyl halides is 3. The van der Waals surface area contributed by atoms with Crippen LogP contribution in [0.5, 0.6) is 0 Å². The maximum absolute atomic E-state index is 12.9. The first-order valence-corrected chi connectivity index (χ1v) is 5.26. The minimum absolute atomic E-state index is 0.0871. The van der Waals surface area contributed by atoms with Gasteiger partial charge in [0.25, 0.3) is 0 Å². The lowest BCUT2D eigenvalue weighted by Crippen LogP contribution is -2.42. The summed E-state index contributed by atoms with van der Waals surface area (Å²) in [4.78, 5) is 0. The Balaban J connectivity index is 3.05. The van der Waals surface area contributed by atoms with E-state index in [-0.39, 0.29) is 12.0 Å². The molecule has 1 N–H and O–H groups in total. The second-order valence-corrected chi connectivity index (χ2v) is 3.83. The van der Waals surface area contributed by atoms with E-state index in [1.807, 2.05) is 0 Å². The van der Waals surface area contributed by atoms with Gasteiger partial charge in [0.15, 0.2) is 5.60 Å². The lowest BCUT2D eigenvalue weighted by Gasteiger charge is -2.31. The molecule has 4 heteroatoms. The molecule has 0 saturated heterocycles. The molecule has 1 aromatic rings. The van der Waals surface area contributed by atoms with E-state index in [1.54, 1.807) is 13.0 Å². The minimum atomic E-state index is -4.64. The first kappa shape index (κ1) is 13.0. The number of halogens is 3. The Kier molecular flexibility index (Phi) is 3.97. The van der Waals surface area contributed by atoms with E-state index in [0.29, 0.717) is 12.8 Å². The van der Waals surface area contributed by atoms with Gasteiger partial charge in [-0.2, -0.15) is 13.2 Å². The number of aliphatic hydroxyl groups is 1. The van der Waals surface area contributed by atoms with E-state index >= 15 is 0 Å². The van der Waals surface area contributed by atoms with Crippen LogP contribution in [0.3, 0.4) is 0 Å². The Labute approximate surface area is 92.9 Å². The van der Waals surface area contributed by atoms with Crippen LogP contribution in [0.4, 0.5) is 13.2 Å². The molecule has 16 heavy (non-hydrogen) atoms. The normalized spacial score (nSPS) is 15.8. The van der Waals surface area contributed by atoms with Gasteiger partial charge < -0.3 is 5.11 Å². The van der Waals surface area contributed by atoms with Crippen molar-refractivity contribution in [3.63, 3.8) is 0 Å². The van der Waals surface area contributed by atoms with E-state index in [0.717, 1.165) is 0 Å². The molecule has 0 heterocycles. The fourth-order valence-corrected chi connectivity index (χ4v) is 1.60. The molecule has 0 bridgehead atoms. The minimum Gasteiger partial charge on any atom is -0.376 e. The van der Waals surface area contributed by atoms with Crippen LogP contribution in [0.15, 0.2) is 30.3 Å². The molecular weight excluding hydrogens is 217 g/mol. The molecule has 1 atom stereocenters. The third-order valence-electron chi connectivity index (χ3n) is 2.61. The highest BCUT2D eigenvalue weighted by Crippen LogP contribution is 2.42. The lowest BCUT2D eigenvalue weighted by atomic mass is 9.88. The molecule has 0 aromatic heterocycles. The third kappa shape index (κ3) is 2.55. The molecule has 0 aliphatic rings. The van der Waals surface area contributed by atoms with Crippen LogP contribution in [-0.2, 0) is 5.60 Å². The van der Waals surface area contributed by atoms with Crippen LogP contribution in [0.2, 0.25) is 0 Å². The van der Waals surface area contributed by atoms with E-state index in [9.17, 15) is 18.3 Å². The van der Waals surface area contributed by atoms with Crippen LogP contribution >= 0.6 is 0 Å². The molecule has 0 amide bonds. The lowest BCUT2D eigenvalue weighted by molar-refractivity contribution is -0.269. The molecule has 0 fully saturated rings. The first-order chi connectivity index (χ1) is 7.42. The van der Waals surface area contributed by atoms with Crippen LogP contribution < -0.4 is 0 Å². The second-order valence-electron chi connectivity index (χ2n) is 3.83. The Morgan fingerprint density at radius 1 is 1.12 bits per heavy atom. The van der Waals surface area contributed by atoms with Crippen LogP contribution in [0.25, 0.3) is 0 Å². The summed E-state index contributed by atoms with van der Waals surface area (Å²) in [6, 6.07) is 7.24. The van der Waals surface area contributed by atoms with Crippen molar-refractivity contribution in [3.05, 3.63) is 35.9 Å². The number of unbranched alkanes of at least 4 members (excludes halogenated alkanes) is 1. The summed E-state index contributed by atoms with van der Waals surface area (Å²) in [5.74, 6) is 0. The zero-order chi connectivity index (χ0) is 12.2. The highest BCUT2D eigenvalue weighted by Gasteiger charge is 2.54. The van der Waals surface area contributed by atoms with Crippen molar-refractivity contribution in [2.45, 2.75) is 38.0 Å². The topological polar surface area (TPSA) is 20.2 Å². The van der Waals surface area contributed by atoms with Crippen molar-refractivity contribution >= 4 is 0 Å². The molecule has 0 aliphatic carbocycles. The summed E-state index contributed by atoms with van der Waals surface area (Å²) >= 11 is 0. The van der Waals surface area contributed by atoms with Crippen molar-refractivity contribution in [2.24, 2.45) is 0 Å².